The average molecular weight is 554 g/mol. The molecule has 9 heteroatoms. The number of nitrogens with zero attached hydrogens (tertiary/aromatic N) is 2. The fourth-order valence-electron chi connectivity index (χ4n) is 6.00. The van der Waals surface area contributed by atoms with Gasteiger partial charge >= 0.3 is 5.97 Å². The fourth-order valence-corrected chi connectivity index (χ4v) is 6.00. The van der Waals surface area contributed by atoms with Gasteiger partial charge in [-0.2, -0.15) is 0 Å². The van der Waals surface area contributed by atoms with Crippen LogP contribution in [-0.2, 0) is 9.59 Å². The minimum atomic E-state index is -0.993. The number of hydrogen-bond acceptors (Lipinski definition) is 4. The highest BCUT2D eigenvalue weighted by molar-refractivity contribution is 6.46. The predicted molar refractivity (Wildman–Crippen MR) is 148 cm³/mol. The van der Waals surface area contributed by atoms with Crippen LogP contribution in [0.5, 0.6) is 0 Å². The number of hydrogen-bond donors (Lipinski definition) is 2. The molecule has 2 aromatic rings. The van der Waals surface area contributed by atoms with Crippen molar-refractivity contribution in [2.45, 2.75) is 77.4 Å². The number of halogens is 2. The van der Waals surface area contributed by atoms with Gasteiger partial charge in [0.1, 0.15) is 23.0 Å². The second kappa shape index (κ2) is 12.3. The number of benzene rings is 2. The number of carbonyl (C=O) groups excluding carboxylic acids is 2. The lowest BCUT2D eigenvalue weighted by Crippen LogP contribution is -2.51. The molecule has 7 nitrogen and oxygen atoms in total. The van der Waals surface area contributed by atoms with Crippen molar-refractivity contribution in [3.63, 3.8) is 0 Å². The van der Waals surface area contributed by atoms with Gasteiger partial charge in [-0.25, -0.2) is 8.78 Å². The van der Waals surface area contributed by atoms with Crippen molar-refractivity contribution in [1.29, 1.82) is 0 Å². The van der Waals surface area contributed by atoms with Gasteiger partial charge in [0.2, 0.25) is 0 Å². The van der Waals surface area contributed by atoms with Crippen LogP contribution in [-0.4, -0.2) is 45.7 Å². The average Bonchev–Trinajstić information content (AvgIpc) is 3.18. The number of amides is 2. The Balaban J connectivity index is 1.68. The second-order valence-corrected chi connectivity index (χ2v) is 11.2. The van der Waals surface area contributed by atoms with Crippen molar-refractivity contribution in [3.05, 3.63) is 70.8 Å². The summed E-state index contributed by atoms with van der Waals surface area (Å²) < 4.78 is 28.3. The maximum Gasteiger partial charge on any atom is 0.305 e. The van der Waals surface area contributed by atoms with Crippen molar-refractivity contribution in [3.8, 4) is 0 Å². The topological polar surface area (TPSA) is 99.1 Å². The first-order valence-corrected chi connectivity index (χ1v) is 14.0. The van der Waals surface area contributed by atoms with Crippen LogP contribution in [0.3, 0.4) is 0 Å². The van der Waals surface area contributed by atoms with Gasteiger partial charge in [0.05, 0.1) is 12.5 Å². The second-order valence-electron chi connectivity index (χ2n) is 11.2. The summed E-state index contributed by atoms with van der Waals surface area (Å²) in [6.07, 6.45) is 4.36. The Morgan fingerprint density at radius 2 is 1.73 bits per heavy atom. The molecule has 0 saturated heterocycles. The monoisotopic (exact) mass is 553 g/mol. The molecule has 2 aliphatic rings. The molecular formula is C31H37F2N3O4. The number of carboxylic acids is 1. The summed E-state index contributed by atoms with van der Waals surface area (Å²) in [7, 11) is 0. The van der Waals surface area contributed by atoms with Crippen LogP contribution in [0.1, 0.15) is 93.2 Å². The van der Waals surface area contributed by atoms with E-state index in [9.17, 15) is 23.2 Å². The Morgan fingerprint density at radius 1 is 1.10 bits per heavy atom. The highest BCUT2D eigenvalue weighted by atomic mass is 19.1. The third-order valence-corrected chi connectivity index (χ3v) is 8.16. The summed E-state index contributed by atoms with van der Waals surface area (Å²) in [5.74, 6) is -2.22. The summed E-state index contributed by atoms with van der Waals surface area (Å²) in [4.78, 5) is 44.1. The fraction of sp³-hybridized carbons (Fsp3) is 0.484. The molecule has 2 amide bonds. The zero-order valence-corrected chi connectivity index (χ0v) is 23.3. The summed E-state index contributed by atoms with van der Waals surface area (Å²) in [6.45, 7) is 6.45. The Bertz CT molecular complexity index is 1260. The molecular weight excluding hydrogens is 516 g/mol. The maximum absolute atomic E-state index is 14.2. The molecule has 4 rings (SSSR count). The zero-order valence-electron chi connectivity index (χ0n) is 23.3. The molecule has 1 atom stereocenters. The Kier molecular flexibility index (Phi) is 9.01. The van der Waals surface area contributed by atoms with Crippen LogP contribution in [0.4, 0.5) is 8.78 Å². The molecule has 1 spiro atoms. The molecule has 214 valence electrons. The van der Waals surface area contributed by atoms with Crippen LogP contribution in [0.15, 0.2) is 47.5 Å². The smallest absolute Gasteiger partial charge is 0.305 e. The van der Waals surface area contributed by atoms with Crippen LogP contribution in [0.2, 0.25) is 0 Å². The maximum atomic E-state index is 14.2. The molecule has 0 bridgehead atoms. The third kappa shape index (κ3) is 6.24. The quantitative estimate of drug-likeness (QED) is 0.384. The van der Waals surface area contributed by atoms with Gasteiger partial charge < -0.3 is 15.3 Å². The number of aliphatic imine (C=N–C) groups is 1. The lowest BCUT2D eigenvalue weighted by atomic mass is 9.76. The van der Waals surface area contributed by atoms with Crippen molar-refractivity contribution >= 4 is 23.5 Å². The number of rotatable bonds is 10. The molecule has 2 N–H and O–H groups in total. The number of carboxylic acid groups (broad SMARTS) is 1. The van der Waals surface area contributed by atoms with E-state index in [1.54, 1.807) is 12.1 Å². The van der Waals surface area contributed by atoms with Gasteiger partial charge in [0.25, 0.3) is 11.8 Å². The highest BCUT2D eigenvalue weighted by Gasteiger charge is 2.52. The zero-order chi connectivity index (χ0) is 29.0. The lowest BCUT2D eigenvalue weighted by Gasteiger charge is -2.46. The Hall–Kier alpha value is -3.62. The van der Waals surface area contributed by atoms with Crippen molar-refractivity contribution in [1.82, 2.24) is 10.2 Å². The van der Waals surface area contributed by atoms with Crippen molar-refractivity contribution in [2.24, 2.45) is 16.8 Å². The van der Waals surface area contributed by atoms with Crippen LogP contribution in [0.25, 0.3) is 0 Å². The molecule has 1 fully saturated rings. The molecule has 1 aliphatic carbocycles. The van der Waals surface area contributed by atoms with Crippen molar-refractivity contribution in [2.75, 3.05) is 6.54 Å². The minimum Gasteiger partial charge on any atom is -0.481 e. The summed E-state index contributed by atoms with van der Waals surface area (Å²) in [6, 6.07) is 9.70. The summed E-state index contributed by atoms with van der Waals surface area (Å²) >= 11 is 0. The van der Waals surface area contributed by atoms with E-state index in [2.05, 4.69) is 19.2 Å². The van der Waals surface area contributed by atoms with E-state index >= 15 is 0 Å². The molecule has 0 aromatic heterocycles. The van der Waals surface area contributed by atoms with E-state index in [1.165, 1.54) is 0 Å². The highest BCUT2D eigenvalue weighted by Crippen LogP contribution is 2.48. The van der Waals surface area contributed by atoms with Crippen LogP contribution in [0, 0.1) is 23.5 Å². The standard InChI is InChI=1S/C31H37F2N3O4/c1-4-5-26(21-6-8-22(9-7-21)29(39)34-15-12-27(37)38)36-30(40)28(23-16-24(32)18-25(33)17-23)35-31(36)13-10-20(11-14-31)19(2)3/h6-9,16-20,26H,4-5,10-15H2,1-3H3,(H,34,39)(H,37,38)/t20?,26-,31?/m1/s1. The normalized spacial score (nSPS) is 21.6. The first-order valence-electron chi connectivity index (χ1n) is 14.0. The van der Waals surface area contributed by atoms with Crippen LogP contribution >= 0.6 is 0 Å². The predicted octanol–water partition coefficient (Wildman–Crippen LogP) is 5.88. The van der Waals surface area contributed by atoms with Gasteiger partial charge in [0.15, 0.2) is 0 Å². The number of carbonyl (C=O) groups is 3. The van der Waals surface area contributed by atoms with E-state index in [4.69, 9.17) is 10.1 Å². The van der Waals surface area contributed by atoms with E-state index < -0.39 is 23.3 Å². The summed E-state index contributed by atoms with van der Waals surface area (Å²) in [5, 5.41) is 11.4. The van der Waals surface area contributed by atoms with Gasteiger partial charge in [-0.15, -0.1) is 0 Å². The molecule has 1 heterocycles. The molecule has 40 heavy (non-hydrogen) atoms. The van der Waals surface area contributed by atoms with Gasteiger partial charge in [0, 0.05) is 23.7 Å². The SMILES string of the molecule is CCC[C@H](c1ccc(C(=O)NCCC(=O)O)cc1)N1C(=O)C(c2cc(F)cc(F)c2)=NC12CCC(C(C)C)CC2. The van der Waals surface area contributed by atoms with E-state index in [0.717, 1.165) is 43.0 Å². The van der Waals surface area contributed by atoms with Crippen molar-refractivity contribution < 1.29 is 28.3 Å². The third-order valence-electron chi connectivity index (χ3n) is 8.16. The van der Waals surface area contributed by atoms with E-state index in [0.29, 0.717) is 36.7 Å². The molecule has 2 aromatic carbocycles. The molecule has 1 saturated carbocycles. The molecule has 1 aliphatic heterocycles. The largest absolute Gasteiger partial charge is 0.481 e. The Morgan fingerprint density at radius 3 is 2.27 bits per heavy atom. The van der Waals surface area contributed by atoms with E-state index in [-0.39, 0.29) is 42.1 Å². The van der Waals surface area contributed by atoms with E-state index in [1.807, 2.05) is 24.0 Å². The molecule has 0 radical (unpaired) electrons. The van der Waals surface area contributed by atoms with Gasteiger partial charge in [-0.3, -0.25) is 19.4 Å². The summed E-state index contributed by atoms with van der Waals surface area (Å²) in [5.41, 5.74) is 0.629. The first kappa shape index (κ1) is 29.4. The Labute approximate surface area is 233 Å². The minimum absolute atomic E-state index is 0.0251. The van der Waals surface area contributed by atoms with Crippen LogP contribution < -0.4 is 5.32 Å². The lowest BCUT2D eigenvalue weighted by molar-refractivity contribution is -0.137. The van der Waals surface area contributed by atoms with Gasteiger partial charge in [-0.1, -0.05) is 39.3 Å². The number of aliphatic carboxylic acids is 1. The molecule has 0 unspecified atom stereocenters. The number of nitrogens with one attached hydrogen (secondary N) is 1. The van der Waals surface area contributed by atoms with Gasteiger partial charge in [-0.05, 0) is 73.8 Å². The first-order chi connectivity index (χ1) is 19.0.